The quantitative estimate of drug-likeness (QED) is 0.526. The summed E-state index contributed by atoms with van der Waals surface area (Å²) in [5, 5.41) is 4.67. The number of benzene rings is 2. The van der Waals surface area contributed by atoms with Gasteiger partial charge in [-0.2, -0.15) is 0 Å². The smallest absolute Gasteiger partial charge is 0.223 e. The Morgan fingerprint density at radius 2 is 1.76 bits per heavy atom. The van der Waals surface area contributed by atoms with Gasteiger partial charge in [0.25, 0.3) is 0 Å². The first-order valence-electron chi connectivity index (χ1n) is 11.4. The predicted octanol–water partition coefficient (Wildman–Crippen LogP) is 4.12. The van der Waals surface area contributed by atoms with Crippen LogP contribution in [-0.2, 0) is 24.1 Å². The first kappa shape index (κ1) is 23.5. The number of amides is 1. The van der Waals surface area contributed by atoms with Gasteiger partial charge in [-0.05, 0) is 71.8 Å². The molecule has 2 aromatic carbocycles. The number of carbonyl (C=O) groups is 1. The molecule has 3 aromatic rings. The first-order chi connectivity index (χ1) is 15.7. The second-order valence-corrected chi connectivity index (χ2v) is 8.72. The van der Waals surface area contributed by atoms with Gasteiger partial charge in [-0.15, -0.1) is 12.4 Å². The number of nitrogens with zero attached hydrogens (tertiary/aromatic N) is 1. The van der Waals surface area contributed by atoms with Crippen LogP contribution >= 0.6 is 12.4 Å². The molecule has 0 saturated carbocycles. The van der Waals surface area contributed by atoms with Crippen LogP contribution in [0.25, 0.3) is 11.0 Å². The molecule has 6 nitrogen and oxygen atoms in total. The van der Waals surface area contributed by atoms with Crippen molar-refractivity contribution in [2.24, 2.45) is 0 Å². The van der Waals surface area contributed by atoms with Crippen LogP contribution < -0.4 is 14.8 Å². The zero-order valence-corrected chi connectivity index (χ0v) is 20.0. The number of methoxy groups -OCH3 is 2. The standard InChI is InChI=1S/C26H30N2O4.ClH/c1-30-24-13-17-4-8-28(9-5-18(17)14-25(24)31-2)26(29)3-7-27-16-21-12-20-11-19-6-10-32-23(19)15-22(20)21;/h6,10-11,13-15,21,27H,3-5,7-9,12,16H2,1-2H3;1H. The highest BCUT2D eigenvalue weighted by molar-refractivity contribution is 5.85. The number of rotatable bonds is 7. The van der Waals surface area contributed by atoms with Gasteiger partial charge in [-0.1, -0.05) is 0 Å². The van der Waals surface area contributed by atoms with Crippen LogP contribution in [0.5, 0.6) is 11.5 Å². The van der Waals surface area contributed by atoms with E-state index in [4.69, 9.17) is 13.9 Å². The molecule has 0 saturated heterocycles. The summed E-state index contributed by atoms with van der Waals surface area (Å²) in [6.07, 6.45) is 5.05. The van der Waals surface area contributed by atoms with Gasteiger partial charge in [0.1, 0.15) is 5.58 Å². The summed E-state index contributed by atoms with van der Waals surface area (Å²) in [4.78, 5) is 14.8. The van der Waals surface area contributed by atoms with Crippen LogP contribution in [0.4, 0.5) is 0 Å². The van der Waals surface area contributed by atoms with E-state index in [1.807, 2.05) is 11.0 Å². The number of hydrogen-bond acceptors (Lipinski definition) is 5. The van der Waals surface area contributed by atoms with Crippen molar-refractivity contribution < 1.29 is 18.7 Å². The Morgan fingerprint density at radius 3 is 2.42 bits per heavy atom. The lowest BCUT2D eigenvalue weighted by atomic mass is 9.77. The van der Waals surface area contributed by atoms with E-state index in [1.54, 1.807) is 20.5 Å². The van der Waals surface area contributed by atoms with Crippen LogP contribution in [0, 0.1) is 0 Å². The molecule has 7 heteroatoms. The van der Waals surface area contributed by atoms with Crippen molar-refractivity contribution in [3.8, 4) is 11.5 Å². The van der Waals surface area contributed by atoms with Crippen molar-refractivity contribution in [2.45, 2.75) is 31.6 Å². The van der Waals surface area contributed by atoms with Crippen molar-refractivity contribution >= 4 is 29.3 Å². The van der Waals surface area contributed by atoms with Crippen molar-refractivity contribution in [1.82, 2.24) is 10.2 Å². The lowest BCUT2D eigenvalue weighted by Gasteiger charge is -2.30. The molecule has 33 heavy (non-hydrogen) atoms. The minimum Gasteiger partial charge on any atom is -0.493 e. The van der Waals surface area contributed by atoms with Crippen molar-refractivity contribution in [3.63, 3.8) is 0 Å². The fourth-order valence-corrected chi connectivity index (χ4v) is 4.99. The molecule has 1 amide bonds. The highest BCUT2D eigenvalue weighted by Crippen LogP contribution is 2.38. The van der Waals surface area contributed by atoms with Gasteiger partial charge in [0.2, 0.25) is 5.91 Å². The Kier molecular flexibility index (Phi) is 7.15. The molecule has 1 N–H and O–H groups in total. The predicted molar refractivity (Wildman–Crippen MR) is 131 cm³/mol. The number of halogens is 1. The molecule has 1 aliphatic carbocycles. The van der Waals surface area contributed by atoms with Crippen LogP contribution in [-0.4, -0.2) is 51.2 Å². The molecular formula is C26H31ClN2O4. The van der Waals surface area contributed by atoms with Gasteiger partial charge in [-0.3, -0.25) is 4.79 Å². The Balaban J connectivity index is 0.00000259. The molecule has 1 unspecified atom stereocenters. The molecule has 0 spiro atoms. The number of nitrogens with one attached hydrogen (secondary N) is 1. The molecule has 0 radical (unpaired) electrons. The summed E-state index contributed by atoms with van der Waals surface area (Å²) in [5.41, 5.74) is 6.23. The Bertz CT molecular complexity index is 1110. The minimum atomic E-state index is 0. The fraction of sp³-hybridized carbons (Fsp3) is 0.423. The zero-order chi connectivity index (χ0) is 22.1. The number of furan rings is 1. The van der Waals surface area contributed by atoms with E-state index in [-0.39, 0.29) is 18.3 Å². The van der Waals surface area contributed by atoms with E-state index in [0.717, 1.165) is 56.0 Å². The van der Waals surface area contributed by atoms with Crippen molar-refractivity contribution in [3.05, 3.63) is 58.8 Å². The minimum absolute atomic E-state index is 0. The monoisotopic (exact) mass is 470 g/mol. The molecular weight excluding hydrogens is 440 g/mol. The normalized spacial score (nSPS) is 16.8. The lowest BCUT2D eigenvalue weighted by molar-refractivity contribution is -0.131. The van der Waals surface area contributed by atoms with Gasteiger partial charge in [-0.25, -0.2) is 0 Å². The molecule has 0 bridgehead atoms. The average molecular weight is 471 g/mol. The molecule has 0 fully saturated rings. The van der Waals surface area contributed by atoms with E-state index in [2.05, 4.69) is 29.6 Å². The van der Waals surface area contributed by atoms with E-state index in [1.165, 1.54) is 27.6 Å². The summed E-state index contributed by atoms with van der Waals surface area (Å²) < 4.78 is 16.4. The second-order valence-electron chi connectivity index (χ2n) is 8.72. The highest BCUT2D eigenvalue weighted by Gasteiger charge is 2.27. The topological polar surface area (TPSA) is 63.9 Å². The molecule has 1 atom stereocenters. The lowest BCUT2D eigenvalue weighted by Crippen LogP contribution is -2.36. The summed E-state index contributed by atoms with van der Waals surface area (Å²) >= 11 is 0. The summed E-state index contributed by atoms with van der Waals surface area (Å²) in [7, 11) is 3.31. The second kappa shape index (κ2) is 10.1. The average Bonchev–Trinajstić information content (AvgIpc) is 3.16. The number of hydrogen-bond donors (Lipinski definition) is 1. The van der Waals surface area contributed by atoms with Crippen LogP contribution in [0.15, 0.2) is 41.0 Å². The Labute approximate surface area is 200 Å². The van der Waals surface area contributed by atoms with Gasteiger partial charge in [0.15, 0.2) is 11.5 Å². The maximum atomic E-state index is 12.8. The maximum Gasteiger partial charge on any atom is 0.223 e. The largest absolute Gasteiger partial charge is 0.493 e. The number of ether oxygens (including phenoxy) is 2. The summed E-state index contributed by atoms with van der Waals surface area (Å²) in [6.45, 7) is 3.10. The fourth-order valence-electron chi connectivity index (χ4n) is 4.99. The molecule has 2 heterocycles. The molecule has 2 aliphatic rings. The zero-order valence-electron chi connectivity index (χ0n) is 19.2. The van der Waals surface area contributed by atoms with Crippen LogP contribution in [0.2, 0.25) is 0 Å². The molecule has 1 aromatic heterocycles. The third kappa shape index (κ3) is 4.68. The van der Waals surface area contributed by atoms with Crippen LogP contribution in [0.3, 0.4) is 0 Å². The third-order valence-corrected chi connectivity index (χ3v) is 6.89. The SMILES string of the molecule is COc1cc2c(cc1OC)CCN(C(=O)CCNCC1Cc3cc4ccoc4cc31)CC2.Cl. The van der Waals surface area contributed by atoms with E-state index < -0.39 is 0 Å². The summed E-state index contributed by atoms with van der Waals surface area (Å²) in [6, 6.07) is 10.5. The number of carbonyl (C=O) groups excluding carboxylic acids is 1. The maximum absolute atomic E-state index is 12.8. The third-order valence-electron chi connectivity index (χ3n) is 6.89. The van der Waals surface area contributed by atoms with Crippen molar-refractivity contribution in [1.29, 1.82) is 0 Å². The molecule has 1 aliphatic heterocycles. The Hall–Kier alpha value is -2.70. The van der Waals surface area contributed by atoms with E-state index in [9.17, 15) is 4.79 Å². The van der Waals surface area contributed by atoms with Gasteiger partial charge < -0.3 is 24.1 Å². The highest BCUT2D eigenvalue weighted by atomic mass is 35.5. The molecule has 176 valence electrons. The Morgan fingerprint density at radius 1 is 1.06 bits per heavy atom. The first-order valence-corrected chi connectivity index (χ1v) is 11.4. The van der Waals surface area contributed by atoms with Gasteiger partial charge >= 0.3 is 0 Å². The molecule has 5 rings (SSSR count). The van der Waals surface area contributed by atoms with E-state index >= 15 is 0 Å². The van der Waals surface area contributed by atoms with Gasteiger partial charge in [0.05, 0.1) is 20.5 Å². The summed E-state index contributed by atoms with van der Waals surface area (Å²) in [5.74, 6) is 2.23. The van der Waals surface area contributed by atoms with E-state index in [0.29, 0.717) is 18.9 Å². The van der Waals surface area contributed by atoms with Gasteiger partial charge in [0, 0.05) is 43.9 Å². The van der Waals surface area contributed by atoms with Crippen molar-refractivity contribution in [2.75, 3.05) is 40.4 Å². The number of fused-ring (bicyclic) bond motifs is 3. The van der Waals surface area contributed by atoms with Crippen LogP contribution in [0.1, 0.15) is 34.6 Å².